The molecule has 4 nitrogen and oxygen atoms in total. The highest BCUT2D eigenvalue weighted by atomic mass is 79.9. The zero-order valence-electron chi connectivity index (χ0n) is 15.4. The second-order valence-corrected chi connectivity index (χ2v) is 8.42. The standard InChI is InChI=1S/C23H14BrCl2NO3/c24-15-9-6-13(7-10-15)20-19(21(28)14-8-11-17(25)18(26)12-14)22(29)23(30)27(20)16-4-2-1-3-5-16/h1-12,20,28H/b21-19-. The lowest BCUT2D eigenvalue weighted by molar-refractivity contribution is -0.132. The summed E-state index contributed by atoms with van der Waals surface area (Å²) in [6.45, 7) is 0. The van der Waals surface area contributed by atoms with Crippen LogP contribution in [0.3, 0.4) is 0 Å². The van der Waals surface area contributed by atoms with E-state index in [-0.39, 0.29) is 16.4 Å². The van der Waals surface area contributed by atoms with Crippen LogP contribution in [0.15, 0.2) is 82.8 Å². The highest BCUT2D eigenvalue weighted by molar-refractivity contribution is 9.10. The van der Waals surface area contributed by atoms with Gasteiger partial charge in [-0.05, 0) is 48.0 Å². The Labute approximate surface area is 191 Å². The lowest BCUT2D eigenvalue weighted by Gasteiger charge is -2.25. The van der Waals surface area contributed by atoms with Gasteiger partial charge in [0.05, 0.1) is 21.7 Å². The molecule has 3 aromatic carbocycles. The second kappa shape index (κ2) is 8.26. The van der Waals surface area contributed by atoms with Crippen molar-refractivity contribution < 1.29 is 14.7 Å². The van der Waals surface area contributed by atoms with Crippen molar-refractivity contribution in [3.63, 3.8) is 0 Å². The third kappa shape index (κ3) is 3.65. The number of aliphatic hydroxyl groups is 1. The minimum atomic E-state index is -0.796. The van der Waals surface area contributed by atoms with Gasteiger partial charge in [0.15, 0.2) is 0 Å². The van der Waals surface area contributed by atoms with Crippen LogP contribution in [-0.4, -0.2) is 16.8 Å². The van der Waals surface area contributed by atoms with Crippen LogP contribution in [0.2, 0.25) is 10.0 Å². The first-order chi connectivity index (χ1) is 14.4. The normalized spacial score (nSPS) is 18.1. The molecule has 1 atom stereocenters. The van der Waals surface area contributed by atoms with Gasteiger partial charge in [0.1, 0.15) is 5.76 Å². The average molecular weight is 503 g/mol. The van der Waals surface area contributed by atoms with E-state index in [2.05, 4.69) is 15.9 Å². The molecule has 1 N–H and O–H groups in total. The fourth-order valence-corrected chi connectivity index (χ4v) is 4.01. The van der Waals surface area contributed by atoms with Crippen molar-refractivity contribution in [2.45, 2.75) is 6.04 Å². The van der Waals surface area contributed by atoms with Crippen LogP contribution in [0.5, 0.6) is 0 Å². The van der Waals surface area contributed by atoms with Gasteiger partial charge >= 0.3 is 0 Å². The number of hydrogen-bond donors (Lipinski definition) is 1. The van der Waals surface area contributed by atoms with Gasteiger partial charge in [-0.2, -0.15) is 0 Å². The number of carbonyl (C=O) groups excluding carboxylic acids is 2. The molecular weight excluding hydrogens is 489 g/mol. The van der Waals surface area contributed by atoms with E-state index < -0.39 is 17.7 Å². The molecule has 1 aliphatic rings. The number of halogens is 3. The first-order valence-corrected chi connectivity index (χ1v) is 10.5. The number of amides is 1. The highest BCUT2D eigenvalue weighted by Gasteiger charge is 2.46. The van der Waals surface area contributed by atoms with Gasteiger partial charge in [-0.1, -0.05) is 69.5 Å². The maximum Gasteiger partial charge on any atom is 0.300 e. The van der Waals surface area contributed by atoms with Crippen LogP contribution >= 0.6 is 39.1 Å². The molecule has 1 fully saturated rings. The Balaban J connectivity index is 1.95. The number of Topliss-reactive ketones (excluding diaryl/α,β-unsaturated/α-hetero) is 1. The Morgan fingerprint density at radius 3 is 2.20 bits per heavy atom. The lowest BCUT2D eigenvalue weighted by atomic mass is 9.95. The Bertz CT molecular complexity index is 1180. The topological polar surface area (TPSA) is 57.6 Å². The van der Waals surface area contributed by atoms with Gasteiger partial charge in [0, 0.05) is 15.7 Å². The Hall–Kier alpha value is -2.60. The molecule has 1 aliphatic heterocycles. The number of nitrogens with zero attached hydrogens (tertiary/aromatic N) is 1. The van der Waals surface area contributed by atoms with Crippen LogP contribution in [0.4, 0.5) is 5.69 Å². The predicted octanol–water partition coefficient (Wildman–Crippen LogP) is 6.38. The zero-order valence-corrected chi connectivity index (χ0v) is 18.4. The summed E-state index contributed by atoms with van der Waals surface area (Å²) in [5.74, 6) is -1.79. The molecule has 30 heavy (non-hydrogen) atoms. The molecule has 0 aliphatic carbocycles. The molecule has 1 unspecified atom stereocenters. The van der Waals surface area contributed by atoms with Crippen LogP contribution in [0.25, 0.3) is 5.76 Å². The van der Waals surface area contributed by atoms with Crippen LogP contribution in [0, 0.1) is 0 Å². The van der Waals surface area contributed by atoms with Gasteiger partial charge in [0.25, 0.3) is 11.7 Å². The summed E-state index contributed by atoms with van der Waals surface area (Å²) in [4.78, 5) is 27.4. The molecule has 1 saturated heterocycles. The largest absolute Gasteiger partial charge is 0.507 e. The molecule has 1 amide bonds. The maximum absolute atomic E-state index is 13.0. The monoisotopic (exact) mass is 501 g/mol. The van der Waals surface area contributed by atoms with Crippen molar-refractivity contribution in [2.24, 2.45) is 0 Å². The third-order valence-corrected chi connectivity index (χ3v) is 6.13. The number of aliphatic hydroxyl groups excluding tert-OH is 1. The summed E-state index contributed by atoms with van der Waals surface area (Å²) in [6.07, 6.45) is 0. The Morgan fingerprint density at radius 2 is 1.57 bits per heavy atom. The highest BCUT2D eigenvalue weighted by Crippen LogP contribution is 2.42. The van der Waals surface area contributed by atoms with Crippen molar-refractivity contribution in [1.29, 1.82) is 0 Å². The summed E-state index contributed by atoms with van der Waals surface area (Å²) in [5.41, 5.74) is 1.53. The van der Waals surface area contributed by atoms with E-state index in [0.29, 0.717) is 21.8 Å². The van der Waals surface area contributed by atoms with Crippen LogP contribution in [-0.2, 0) is 9.59 Å². The zero-order chi connectivity index (χ0) is 21.4. The molecule has 0 spiro atoms. The van der Waals surface area contributed by atoms with E-state index in [4.69, 9.17) is 23.2 Å². The molecular formula is C23H14BrCl2NO3. The summed E-state index contributed by atoms with van der Waals surface area (Å²) in [7, 11) is 0. The number of carbonyl (C=O) groups is 2. The third-order valence-electron chi connectivity index (χ3n) is 4.86. The molecule has 3 aromatic rings. The van der Waals surface area contributed by atoms with E-state index in [9.17, 15) is 14.7 Å². The van der Waals surface area contributed by atoms with Gasteiger partial charge in [-0.3, -0.25) is 14.5 Å². The summed E-state index contributed by atoms with van der Waals surface area (Å²) in [6, 6.07) is 19.9. The molecule has 0 radical (unpaired) electrons. The first-order valence-electron chi connectivity index (χ1n) is 8.95. The SMILES string of the molecule is O=C1C(=O)N(c2ccccc2)C(c2ccc(Br)cc2)/C1=C(/O)c1ccc(Cl)c(Cl)c1. The number of anilines is 1. The molecule has 0 aromatic heterocycles. The average Bonchev–Trinajstić information content (AvgIpc) is 3.01. The molecule has 150 valence electrons. The van der Waals surface area contributed by atoms with Crippen LogP contribution < -0.4 is 4.90 Å². The quantitative estimate of drug-likeness (QED) is 0.257. The summed E-state index contributed by atoms with van der Waals surface area (Å²) in [5, 5.41) is 11.6. The van der Waals surface area contributed by atoms with Gasteiger partial charge in [-0.25, -0.2) is 0 Å². The number of ketones is 1. The molecule has 7 heteroatoms. The van der Waals surface area contributed by atoms with Crippen molar-refractivity contribution in [3.8, 4) is 0 Å². The number of para-hydroxylation sites is 1. The van der Waals surface area contributed by atoms with Gasteiger partial charge < -0.3 is 5.11 Å². The van der Waals surface area contributed by atoms with E-state index in [1.807, 2.05) is 18.2 Å². The van der Waals surface area contributed by atoms with E-state index >= 15 is 0 Å². The van der Waals surface area contributed by atoms with Crippen LogP contribution in [0.1, 0.15) is 17.2 Å². The predicted molar refractivity (Wildman–Crippen MR) is 122 cm³/mol. The summed E-state index contributed by atoms with van der Waals surface area (Å²) >= 11 is 15.5. The lowest BCUT2D eigenvalue weighted by Crippen LogP contribution is -2.29. The second-order valence-electron chi connectivity index (χ2n) is 6.69. The number of rotatable bonds is 3. The van der Waals surface area contributed by atoms with Crippen molar-refractivity contribution >= 4 is 62.3 Å². The first kappa shape index (κ1) is 20.7. The van der Waals surface area contributed by atoms with Crippen molar-refractivity contribution in [1.82, 2.24) is 0 Å². The Kier molecular flexibility index (Phi) is 5.69. The fraction of sp³-hybridized carbons (Fsp3) is 0.0435. The maximum atomic E-state index is 13.0. The molecule has 0 bridgehead atoms. The summed E-state index contributed by atoms with van der Waals surface area (Å²) < 4.78 is 0.854. The number of benzene rings is 3. The fourth-order valence-electron chi connectivity index (χ4n) is 3.45. The van der Waals surface area contributed by atoms with E-state index in [0.717, 1.165) is 4.47 Å². The smallest absolute Gasteiger partial charge is 0.300 e. The minimum absolute atomic E-state index is 0.00966. The van der Waals surface area contributed by atoms with Gasteiger partial charge in [0.2, 0.25) is 0 Å². The van der Waals surface area contributed by atoms with E-state index in [1.54, 1.807) is 42.5 Å². The van der Waals surface area contributed by atoms with E-state index in [1.165, 1.54) is 17.0 Å². The number of hydrogen-bond acceptors (Lipinski definition) is 3. The molecule has 1 heterocycles. The van der Waals surface area contributed by atoms with Crippen molar-refractivity contribution in [2.75, 3.05) is 4.90 Å². The van der Waals surface area contributed by atoms with Gasteiger partial charge in [-0.15, -0.1) is 0 Å². The molecule has 4 rings (SSSR count). The van der Waals surface area contributed by atoms with Crippen molar-refractivity contribution in [3.05, 3.63) is 104 Å². The minimum Gasteiger partial charge on any atom is -0.507 e. The molecule has 0 saturated carbocycles. The Morgan fingerprint density at radius 1 is 0.900 bits per heavy atom.